The van der Waals surface area contributed by atoms with Gasteiger partial charge in [0.2, 0.25) is 0 Å². The normalized spacial score (nSPS) is 23.4. The lowest BCUT2D eigenvalue weighted by atomic mass is 10.0. The van der Waals surface area contributed by atoms with Crippen LogP contribution in [0.1, 0.15) is 20.8 Å². The monoisotopic (exact) mass is 600 g/mol. The first-order chi connectivity index (χ1) is 20.3. The van der Waals surface area contributed by atoms with Crippen molar-refractivity contribution in [1.29, 1.82) is 0 Å². The second kappa shape index (κ2) is 12.0. The van der Waals surface area contributed by atoms with Crippen molar-refractivity contribution >= 4 is 23.1 Å². The van der Waals surface area contributed by atoms with Crippen molar-refractivity contribution in [2.45, 2.75) is 45.2 Å². The van der Waals surface area contributed by atoms with Crippen LogP contribution >= 0.6 is 0 Å². The van der Waals surface area contributed by atoms with Crippen molar-refractivity contribution in [3.63, 3.8) is 0 Å². The fraction of sp³-hybridized carbons (Fsp3) is 0.419. The molecule has 1 aromatic carbocycles. The van der Waals surface area contributed by atoms with E-state index in [0.717, 1.165) is 18.1 Å². The Bertz CT molecular complexity index is 1450. The number of hydrogen-bond acceptors (Lipinski definition) is 7. The Labute approximate surface area is 248 Å². The minimum Gasteiger partial charge on any atom is -0.372 e. The smallest absolute Gasteiger partial charge is 0.372 e. The molecule has 3 aliphatic rings. The topological polar surface area (TPSA) is 73.0 Å². The number of pyridine rings is 1. The molecule has 0 saturated carbocycles. The number of benzene rings is 1. The Morgan fingerprint density at radius 1 is 1.09 bits per heavy atom. The quantitative estimate of drug-likeness (QED) is 0.465. The number of aromatic nitrogens is 1. The summed E-state index contributed by atoms with van der Waals surface area (Å²) < 4.78 is 63.0. The van der Waals surface area contributed by atoms with Gasteiger partial charge in [-0.3, -0.25) is 4.79 Å². The van der Waals surface area contributed by atoms with Crippen molar-refractivity contribution < 1.29 is 27.1 Å². The highest BCUT2D eigenvalue weighted by Gasteiger charge is 2.40. The van der Waals surface area contributed by atoms with Gasteiger partial charge in [0.25, 0.3) is 5.91 Å². The molecule has 3 aliphatic heterocycles. The van der Waals surface area contributed by atoms with Gasteiger partial charge in [0.05, 0.1) is 34.7 Å². The van der Waals surface area contributed by atoms with E-state index in [0.29, 0.717) is 44.0 Å². The van der Waals surface area contributed by atoms with Crippen LogP contribution in [-0.2, 0) is 9.53 Å². The van der Waals surface area contributed by atoms with E-state index in [1.54, 1.807) is 18.3 Å². The van der Waals surface area contributed by atoms with Gasteiger partial charge in [0.15, 0.2) is 0 Å². The van der Waals surface area contributed by atoms with Crippen molar-refractivity contribution in [3.05, 3.63) is 72.0 Å². The molecule has 12 heteroatoms. The molecule has 1 aromatic heterocycles. The number of carbonyl (C=O) groups is 1. The molecule has 0 unspecified atom stereocenters. The maximum Gasteiger partial charge on any atom is 0.417 e. The van der Waals surface area contributed by atoms with Crippen LogP contribution < -0.4 is 20.4 Å². The van der Waals surface area contributed by atoms with Crippen molar-refractivity contribution in [1.82, 2.24) is 15.2 Å². The summed E-state index contributed by atoms with van der Waals surface area (Å²) in [6.07, 6.45) is -1.36. The zero-order valence-electron chi connectivity index (χ0n) is 24.6. The van der Waals surface area contributed by atoms with Crippen LogP contribution in [0.25, 0.3) is 11.1 Å². The number of morpholine rings is 1. The minimum absolute atomic E-state index is 0.0111. The van der Waals surface area contributed by atoms with Gasteiger partial charge in [-0.1, -0.05) is 6.58 Å². The predicted molar refractivity (Wildman–Crippen MR) is 159 cm³/mol. The largest absolute Gasteiger partial charge is 0.417 e. The molecular formula is C31H36F4N6O2. The van der Waals surface area contributed by atoms with E-state index in [4.69, 9.17) is 4.74 Å². The number of alkyl halides is 3. The van der Waals surface area contributed by atoms with Crippen LogP contribution in [0.4, 0.5) is 34.8 Å². The van der Waals surface area contributed by atoms with E-state index in [9.17, 15) is 18.0 Å². The average Bonchev–Trinajstić information content (AvgIpc) is 2.94. The molecule has 0 bridgehead atoms. The molecule has 230 valence electrons. The Hall–Kier alpha value is -3.90. The fourth-order valence-electron chi connectivity index (χ4n) is 5.66. The number of carbonyl (C=O) groups excluding carboxylic acids is 1. The van der Waals surface area contributed by atoms with Gasteiger partial charge in [0, 0.05) is 68.0 Å². The van der Waals surface area contributed by atoms with Gasteiger partial charge in [-0.05, 0) is 58.2 Å². The summed E-state index contributed by atoms with van der Waals surface area (Å²) in [5, 5.41) is 5.23. The van der Waals surface area contributed by atoms with Crippen LogP contribution in [0, 0.1) is 5.82 Å². The number of dihydropyridines is 1. The average molecular weight is 601 g/mol. The van der Waals surface area contributed by atoms with Gasteiger partial charge in [-0.15, -0.1) is 0 Å². The summed E-state index contributed by atoms with van der Waals surface area (Å²) in [7, 11) is 1.99. The predicted octanol–water partition coefficient (Wildman–Crippen LogP) is 5.07. The molecule has 0 radical (unpaired) electrons. The van der Waals surface area contributed by atoms with E-state index < -0.39 is 29.0 Å². The third kappa shape index (κ3) is 6.70. The molecule has 3 atom stereocenters. The highest BCUT2D eigenvalue weighted by molar-refractivity contribution is 6.09. The van der Waals surface area contributed by atoms with E-state index in [2.05, 4.69) is 32.0 Å². The highest BCUT2D eigenvalue weighted by atomic mass is 19.4. The number of hydrogen-bond donors (Lipinski definition) is 2. The van der Waals surface area contributed by atoms with Gasteiger partial charge >= 0.3 is 6.18 Å². The molecule has 8 nitrogen and oxygen atoms in total. The van der Waals surface area contributed by atoms with E-state index in [1.807, 2.05) is 32.7 Å². The van der Waals surface area contributed by atoms with Crippen molar-refractivity contribution in [2.75, 3.05) is 54.9 Å². The summed E-state index contributed by atoms with van der Waals surface area (Å²) >= 11 is 0. The molecular weight excluding hydrogens is 564 g/mol. The third-order valence-corrected chi connectivity index (χ3v) is 8.00. The number of rotatable bonds is 5. The zero-order valence-corrected chi connectivity index (χ0v) is 24.6. The van der Waals surface area contributed by atoms with Crippen LogP contribution in [0.5, 0.6) is 0 Å². The van der Waals surface area contributed by atoms with Gasteiger partial charge < -0.3 is 30.1 Å². The number of likely N-dealkylation sites (N-methyl/N-ethyl adjacent to an activating group) is 1. The first kappa shape index (κ1) is 30.6. The first-order valence-corrected chi connectivity index (χ1v) is 14.2. The number of allylic oxidation sites excluding steroid dienone is 1. The maximum atomic E-state index is 15.8. The fourth-order valence-corrected chi connectivity index (χ4v) is 5.66. The Morgan fingerprint density at radius 3 is 2.44 bits per heavy atom. The summed E-state index contributed by atoms with van der Waals surface area (Å²) in [5.41, 5.74) is -0.473. The first-order valence-electron chi connectivity index (χ1n) is 14.2. The third-order valence-electron chi connectivity index (χ3n) is 8.00. The summed E-state index contributed by atoms with van der Waals surface area (Å²) in [6, 6.07) is 6.49. The van der Waals surface area contributed by atoms with Gasteiger partial charge in [-0.2, -0.15) is 13.2 Å². The molecule has 2 N–H and O–H groups in total. The molecule has 2 fully saturated rings. The summed E-state index contributed by atoms with van der Waals surface area (Å²) in [5.74, 6) is -0.783. The summed E-state index contributed by atoms with van der Waals surface area (Å²) in [4.78, 5) is 24.1. The van der Waals surface area contributed by atoms with Gasteiger partial charge in [-0.25, -0.2) is 9.37 Å². The highest BCUT2D eigenvalue weighted by Crippen LogP contribution is 2.38. The van der Waals surface area contributed by atoms with Gasteiger partial charge in [0.1, 0.15) is 11.6 Å². The lowest BCUT2D eigenvalue weighted by molar-refractivity contribution is -0.115. The number of halogens is 4. The number of amides is 1. The number of nitrogens with zero attached hydrogens (tertiary/aromatic N) is 4. The van der Waals surface area contributed by atoms with Crippen LogP contribution in [0.3, 0.4) is 0 Å². The van der Waals surface area contributed by atoms with E-state index >= 15 is 4.39 Å². The number of nitrogens with one attached hydrogen (secondary N) is 2. The van der Waals surface area contributed by atoms with Crippen LogP contribution in [0.2, 0.25) is 0 Å². The van der Waals surface area contributed by atoms with Crippen LogP contribution in [-0.4, -0.2) is 80.0 Å². The molecule has 2 saturated heterocycles. The van der Waals surface area contributed by atoms with Crippen molar-refractivity contribution in [3.8, 4) is 11.1 Å². The number of ether oxygens (including phenoxy) is 1. The molecule has 4 heterocycles. The Morgan fingerprint density at radius 2 is 1.81 bits per heavy atom. The zero-order chi connectivity index (χ0) is 31.1. The Kier molecular flexibility index (Phi) is 8.53. The lowest BCUT2D eigenvalue weighted by Crippen LogP contribution is -2.50. The minimum atomic E-state index is -4.78. The second-order valence-electron chi connectivity index (χ2n) is 11.4. The SMILES string of the molecule is C=C1C=C(C(F)(F)F)C(C(=O)Nc2cc(-c3ccc(N4C[C@@H](C)O[C@@H](C)C4)nc3)c(F)cc2N2CCN(C)[C@@H](C)C2)=CN1. The van der Waals surface area contributed by atoms with Crippen LogP contribution in [0.15, 0.2) is 66.2 Å². The van der Waals surface area contributed by atoms with Crippen molar-refractivity contribution in [2.24, 2.45) is 0 Å². The Balaban J connectivity index is 1.49. The van der Waals surface area contributed by atoms with E-state index in [-0.39, 0.29) is 35.2 Å². The maximum absolute atomic E-state index is 15.8. The second-order valence-corrected chi connectivity index (χ2v) is 11.4. The molecule has 5 rings (SSSR count). The molecule has 0 aliphatic carbocycles. The standard InChI is InChI=1S/C31H36F4N6O2/c1-18-10-25(31(33,34)35)24(14-36-18)30(42)38-27-11-23(26(32)12-28(27)40-9-8-39(5)19(2)15-40)22-6-7-29(37-13-22)41-16-20(3)43-21(4)17-41/h6-7,10-14,19-21,36H,1,8-9,15-17H2,2-5H3,(H,38,42)/t19-,20-,21+/m0/s1. The molecule has 2 aromatic rings. The van der Waals surface area contributed by atoms with E-state index in [1.165, 1.54) is 12.1 Å². The number of piperazine rings is 1. The molecule has 0 spiro atoms. The lowest BCUT2D eigenvalue weighted by Gasteiger charge is -2.39. The number of anilines is 3. The molecule has 43 heavy (non-hydrogen) atoms. The summed E-state index contributed by atoms with van der Waals surface area (Å²) in [6.45, 7) is 12.7. The molecule has 1 amide bonds.